The molecule has 1 fully saturated rings. The van der Waals surface area contributed by atoms with Gasteiger partial charge in [-0.15, -0.1) is 0 Å². The van der Waals surface area contributed by atoms with Crippen LogP contribution in [0.4, 0.5) is 10.1 Å². The Morgan fingerprint density at radius 1 is 1.08 bits per heavy atom. The van der Waals surface area contributed by atoms with Crippen LogP contribution in [0, 0.1) is 5.82 Å². The maximum Gasteiger partial charge on any atom is 0.254 e. The largest absolute Gasteiger partial charge is 0.378 e. The van der Waals surface area contributed by atoms with Gasteiger partial charge in [-0.05, 0) is 42.0 Å². The van der Waals surface area contributed by atoms with Crippen LogP contribution in [0.5, 0.6) is 0 Å². The molecule has 1 aliphatic rings. The fourth-order valence-electron chi connectivity index (χ4n) is 2.65. The summed E-state index contributed by atoms with van der Waals surface area (Å²) in [5, 5.41) is 2.71. The summed E-state index contributed by atoms with van der Waals surface area (Å²) in [4.78, 5) is 26.3. The van der Waals surface area contributed by atoms with Crippen LogP contribution in [0.1, 0.15) is 15.9 Å². The van der Waals surface area contributed by atoms with Crippen molar-refractivity contribution in [2.45, 2.75) is 0 Å². The third-order valence-electron chi connectivity index (χ3n) is 3.95. The maximum absolute atomic E-state index is 13.1. The molecule has 1 saturated heterocycles. The van der Waals surface area contributed by atoms with Crippen LogP contribution in [0.15, 0.2) is 54.6 Å². The number of carbonyl (C=O) groups is 2. The third kappa shape index (κ3) is 4.77. The third-order valence-corrected chi connectivity index (χ3v) is 3.95. The lowest BCUT2D eigenvalue weighted by molar-refractivity contribution is -0.111. The Balaban J connectivity index is 1.64. The van der Waals surface area contributed by atoms with E-state index in [0.717, 1.165) is 0 Å². The second-order valence-corrected chi connectivity index (χ2v) is 5.86. The number of carbonyl (C=O) groups excluding carboxylic acids is 2. The monoisotopic (exact) mass is 354 g/mol. The Hall–Kier alpha value is -2.99. The van der Waals surface area contributed by atoms with E-state index in [9.17, 15) is 14.0 Å². The summed E-state index contributed by atoms with van der Waals surface area (Å²) in [6, 6.07) is 12.8. The standard InChI is InChI=1S/C20H19FN2O3/c21-17-5-1-3-15(13-17)7-8-19(24)22-18-6-2-4-16(14-18)20(25)23-9-11-26-12-10-23/h1-8,13-14H,9-12H2,(H,22,24)/b8-7+. The highest BCUT2D eigenvalue weighted by Crippen LogP contribution is 2.14. The number of hydrogen-bond acceptors (Lipinski definition) is 3. The summed E-state index contributed by atoms with van der Waals surface area (Å²) in [7, 11) is 0. The van der Waals surface area contributed by atoms with Crippen molar-refractivity contribution >= 4 is 23.6 Å². The minimum atomic E-state index is -0.359. The molecule has 0 atom stereocenters. The summed E-state index contributed by atoms with van der Waals surface area (Å²) in [5.74, 6) is -0.799. The van der Waals surface area contributed by atoms with E-state index in [1.165, 1.54) is 24.3 Å². The highest BCUT2D eigenvalue weighted by Gasteiger charge is 2.18. The van der Waals surface area contributed by atoms with Crippen LogP contribution in [0.25, 0.3) is 6.08 Å². The van der Waals surface area contributed by atoms with Crippen LogP contribution < -0.4 is 5.32 Å². The number of nitrogens with one attached hydrogen (secondary N) is 1. The number of nitrogens with zero attached hydrogens (tertiary/aromatic N) is 1. The van der Waals surface area contributed by atoms with Gasteiger partial charge in [0.15, 0.2) is 0 Å². The van der Waals surface area contributed by atoms with Gasteiger partial charge in [-0.3, -0.25) is 9.59 Å². The van der Waals surface area contributed by atoms with Gasteiger partial charge in [0.25, 0.3) is 5.91 Å². The predicted octanol–water partition coefficient (Wildman–Crippen LogP) is 2.95. The SMILES string of the molecule is O=C(/C=C/c1cccc(F)c1)Nc1cccc(C(=O)N2CCOCC2)c1. The molecule has 1 aliphatic heterocycles. The summed E-state index contributed by atoms with van der Waals surface area (Å²) in [5.41, 5.74) is 1.63. The van der Waals surface area contributed by atoms with Gasteiger partial charge in [0.1, 0.15) is 5.82 Å². The molecule has 26 heavy (non-hydrogen) atoms. The summed E-state index contributed by atoms with van der Waals surface area (Å²) >= 11 is 0. The molecule has 2 aromatic carbocycles. The van der Waals surface area contributed by atoms with Crippen molar-refractivity contribution in [3.8, 4) is 0 Å². The first-order chi connectivity index (χ1) is 12.6. The minimum absolute atomic E-state index is 0.0836. The van der Waals surface area contributed by atoms with Gasteiger partial charge in [-0.25, -0.2) is 4.39 Å². The van der Waals surface area contributed by atoms with Crippen molar-refractivity contribution in [2.24, 2.45) is 0 Å². The van der Waals surface area contributed by atoms with Crippen molar-refractivity contribution in [2.75, 3.05) is 31.6 Å². The zero-order valence-corrected chi connectivity index (χ0v) is 14.2. The van der Waals surface area contributed by atoms with Crippen LogP contribution in [-0.4, -0.2) is 43.0 Å². The molecular formula is C20H19FN2O3. The van der Waals surface area contributed by atoms with Gasteiger partial charge in [0.05, 0.1) is 13.2 Å². The Bertz CT molecular complexity index is 829. The zero-order valence-electron chi connectivity index (χ0n) is 14.2. The molecule has 0 radical (unpaired) electrons. The molecule has 0 unspecified atom stereocenters. The number of anilines is 1. The fourth-order valence-corrected chi connectivity index (χ4v) is 2.65. The first kappa shape index (κ1) is 17.8. The summed E-state index contributed by atoms with van der Waals surface area (Å²) < 4.78 is 18.4. The number of halogens is 1. The summed E-state index contributed by atoms with van der Waals surface area (Å²) in [6.07, 6.45) is 2.85. The molecule has 0 saturated carbocycles. The molecule has 1 N–H and O–H groups in total. The molecule has 0 aliphatic carbocycles. The van der Waals surface area contributed by atoms with E-state index < -0.39 is 0 Å². The first-order valence-electron chi connectivity index (χ1n) is 8.33. The average molecular weight is 354 g/mol. The van der Waals surface area contributed by atoms with Gasteiger partial charge in [-0.1, -0.05) is 18.2 Å². The summed E-state index contributed by atoms with van der Waals surface area (Å²) in [6.45, 7) is 2.19. The Morgan fingerprint density at radius 2 is 1.85 bits per heavy atom. The van der Waals surface area contributed by atoms with Crippen LogP contribution in [-0.2, 0) is 9.53 Å². The number of hydrogen-bond donors (Lipinski definition) is 1. The van der Waals surface area contributed by atoms with E-state index in [2.05, 4.69) is 5.32 Å². The number of rotatable bonds is 4. The number of benzene rings is 2. The molecule has 3 rings (SSSR count). The quantitative estimate of drug-likeness (QED) is 0.859. The van der Waals surface area contributed by atoms with Crippen molar-refractivity contribution in [3.63, 3.8) is 0 Å². The molecule has 6 heteroatoms. The van der Waals surface area contributed by atoms with E-state index in [1.807, 2.05) is 0 Å². The lowest BCUT2D eigenvalue weighted by Crippen LogP contribution is -2.40. The van der Waals surface area contributed by atoms with Gasteiger partial charge in [-0.2, -0.15) is 0 Å². The van der Waals surface area contributed by atoms with Crippen LogP contribution in [0.3, 0.4) is 0 Å². The molecule has 2 amide bonds. The normalized spacial score (nSPS) is 14.4. The Morgan fingerprint density at radius 3 is 2.62 bits per heavy atom. The molecule has 0 aromatic heterocycles. The number of morpholine rings is 1. The van der Waals surface area contributed by atoms with Gasteiger partial charge in [0, 0.05) is 30.4 Å². The van der Waals surface area contributed by atoms with E-state index in [-0.39, 0.29) is 17.6 Å². The minimum Gasteiger partial charge on any atom is -0.378 e. The molecular weight excluding hydrogens is 335 g/mol. The second-order valence-electron chi connectivity index (χ2n) is 5.86. The van der Waals surface area contributed by atoms with E-state index >= 15 is 0 Å². The lowest BCUT2D eigenvalue weighted by Gasteiger charge is -2.27. The molecule has 0 spiro atoms. The number of ether oxygens (including phenoxy) is 1. The molecule has 134 valence electrons. The van der Waals surface area contributed by atoms with Gasteiger partial charge >= 0.3 is 0 Å². The average Bonchev–Trinajstić information content (AvgIpc) is 2.67. The van der Waals surface area contributed by atoms with Crippen LogP contribution in [0.2, 0.25) is 0 Å². The van der Waals surface area contributed by atoms with E-state index in [1.54, 1.807) is 41.3 Å². The van der Waals surface area contributed by atoms with Gasteiger partial charge < -0.3 is 15.0 Å². The topological polar surface area (TPSA) is 58.6 Å². The maximum atomic E-state index is 13.1. The highest BCUT2D eigenvalue weighted by molar-refractivity contribution is 6.03. The van der Waals surface area contributed by atoms with E-state index in [4.69, 9.17) is 4.74 Å². The van der Waals surface area contributed by atoms with E-state index in [0.29, 0.717) is 43.1 Å². The predicted molar refractivity (Wildman–Crippen MR) is 97.2 cm³/mol. The molecule has 2 aromatic rings. The molecule has 5 nitrogen and oxygen atoms in total. The zero-order chi connectivity index (χ0) is 18.4. The Kier molecular flexibility index (Phi) is 5.76. The van der Waals surface area contributed by atoms with Crippen molar-refractivity contribution in [1.82, 2.24) is 4.90 Å². The second kappa shape index (κ2) is 8.40. The van der Waals surface area contributed by atoms with Gasteiger partial charge in [0.2, 0.25) is 5.91 Å². The smallest absolute Gasteiger partial charge is 0.254 e. The fraction of sp³-hybridized carbons (Fsp3) is 0.200. The van der Waals surface area contributed by atoms with Crippen molar-refractivity contribution in [3.05, 3.63) is 71.6 Å². The molecule has 1 heterocycles. The highest BCUT2D eigenvalue weighted by atomic mass is 19.1. The van der Waals surface area contributed by atoms with Crippen molar-refractivity contribution in [1.29, 1.82) is 0 Å². The number of amides is 2. The first-order valence-corrected chi connectivity index (χ1v) is 8.33. The lowest BCUT2D eigenvalue weighted by atomic mass is 10.1. The molecule has 0 bridgehead atoms. The Labute approximate surface area is 151 Å². The van der Waals surface area contributed by atoms with Crippen LogP contribution >= 0.6 is 0 Å². The van der Waals surface area contributed by atoms with Crippen molar-refractivity contribution < 1.29 is 18.7 Å².